The van der Waals surface area contributed by atoms with Gasteiger partial charge in [0.25, 0.3) is 0 Å². The maximum atomic E-state index is 11.9. The lowest BCUT2D eigenvalue weighted by Crippen LogP contribution is -2.47. The minimum Gasteiger partial charge on any atom is -0.388 e. The van der Waals surface area contributed by atoms with Gasteiger partial charge in [0, 0.05) is 12.5 Å². The van der Waals surface area contributed by atoms with Gasteiger partial charge in [-0.05, 0) is 43.9 Å². The van der Waals surface area contributed by atoms with Gasteiger partial charge in [0.2, 0.25) is 5.91 Å². The molecule has 0 spiro atoms. The van der Waals surface area contributed by atoms with Crippen LogP contribution in [0.1, 0.15) is 65.2 Å². The molecule has 1 amide bonds. The Hall–Kier alpha value is -0.570. The van der Waals surface area contributed by atoms with Gasteiger partial charge in [0.1, 0.15) is 0 Å². The molecule has 0 heterocycles. The van der Waals surface area contributed by atoms with Crippen LogP contribution in [0.4, 0.5) is 0 Å². The number of nitrogens with one attached hydrogen (secondary N) is 1. The first-order valence-corrected chi connectivity index (χ1v) is 7.40. The van der Waals surface area contributed by atoms with Gasteiger partial charge >= 0.3 is 0 Å². The van der Waals surface area contributed by atoms with E-state index in [1.807, 2.05) is 0 Å². The average Bonchev–Trinajstić information content (AvgIpc) is 2.85. The lowest BCUT2D eigenvalue weighted by atomic mass is 9.71. The number of carbonyl (C=O) groups is 1. The molecule has 18 heavy (non-hydrogen) atoms. The van der Waals surface area contributed by atoms with E-state index >= 15 is 0 Å². The van der Waals surface area contributed by atoms with Gasteiger partial charge in [0.05, 0.1) is 5.60 Å². The van der Waals surface area contributed by atoms with Gasteiger partial charge in [-0.1, -0.05) is 26.7 Å². The Morgan fingerprint density at radius 2 is 1.72 bits per heavy atom. The predicted molar refractivity (Wildman–Crippen MR) is 72.2 cm³/mol. The topological polar surface area (TPSA) is 49.3 Å². The standard InChI is InChI=1S/C15H27NO2/c1-14(2)7-9-15(18,10-8-14)11-16-13(17)12-5-3-4-6-12/h12,18H,3-11H2,1-2H3,(H,16,17). The first kappa shape index (κ1) is 13.9. The van der Waals surface area contributed by atoms with Crippen molar-refractivity contribution in [3.8, 4) is 0 Å². The highest BCUT2D eigenvalue weighted by atomic mass is 16.3. The zero-order chi connectivity index (χ0) is 13.2. The fourth-order valence-corrected chi connectivity index (χ4v) is 3.15. The van der Waals surface area contributed by atoms with E-state index in [4.69, 9.17) is 0 Å². The van der Waals surface area contributed by atoms with Crippen molar-refractivity contribution in [2.75, 3.05) is 6.54 Å². The van der Waals surface area contributed by atoms with Gasteiger partial charge in [-0.2, -0.15) is 0 Å². The largest absolute Gasteiger partial charge is 0.388 e. The maximum absolute atomic E-state index is 11.9. The van der Waals surface area contributed by atoms with Gasteiger partial charge in [-0.25, -0.2) is 0 Å². The second-order valence-corrected chi connectivity index (χ2v) is 7.09. The minimum absolute atomic E-state index is 0.158. The monoisotopic (exact) mass is 253 g/mol. The number of amides is 1. The van der Waals surface area contributed by atoms with E-state index < -0.39 is 5.60 Å². The highest BCUT2D eigenvalue weighted by Gasteiger charge is 2.37. The first-order chi connectivity index (χ1) is 8.40. The summed E-state index contributed by atoms with van der Waals surface area (Å²) in [6, 6.07) is 0. The molecule has 0 aromatic heterocycles. The Bertz CT molecular complexity index is 296. The van der Waals surface area contributed by atoms with Crippen molar-refractivity contribution in [3.63, 3.8) is 0 Å². The fourth-order valence-electron chi connectivity index (χ4n) is 3.15. The smallest absolute Gasteiger partial charge is 0.223 e. The molecule has 0 aromatic carbocycles. The lowest BCUT2D eigenvalue weighted by molar-refractivity contribution is -0.126. The molecule has 2 rings (SSSR count). The van der Waals surface area contributed by atoms with Crippen LogP contribution in [-0.4, -0.2) is 23.2 Å². The Balaban J connectivity index is 1.77. The number of hydrogen-bond donors (Lipinski definition) is 2. The van der Waals surface area contributed by atoms with E-state index in [2.05, 4.69) is 19.2 Å². The summed E-state index contributed by atoms with van der Waals surface area (Å²) < 4.78 is 0. The van der Waals surface area contributed by atoms with Crippen LogP contribution in [-0.2, 0) is 4.79 Å². The molecule has 0 unspecified atom stereocenters. The summed E-state index contributed by atoms with van der Waals surface area (Å²) in [5, 5.41) is 13.5. The van der Waals surface area contributed by atoms with Crippen LogP contribution in [0.15, 0.2) is 0 Å². The fraction of sp³-hybridized carbons (Fsp3) is 0.933. The molecule has 2 aliphatic rings. The van der Waals surface area contributed by atoms with E-state index in [1.54, 1.807) is 0 Å². The van der Waals surface area contributed by atoms with E-state index in [0.29, 0.717) is 12.0 Å². The Labute approximate surface area is 110 Å². The molecule has 2 N–H and O–H groups in total. The van der Waals surface area contributed by atoms with Crippen LogP contribution >= 0.6 is 0 Å². The van der Waals surface area contributed by atoms with Crippen LogP contribution in [0, 0.1) is 11.3 Å². The van der Waals surface area contributed by atoms with Gasteiger partial charge in [-0.3, -0.25) is 4.79 Å². The number of rotatable bonds is 3. The summed E-state index contributed by atoms with van der Waals surface area (Å²) in [5.74, 6) is 0.361. The third-order valence-corrected chi connectivity index (χ3v) is 4.85. The Morgan fingerprint density at radius 1 is 1.17 bits per heavy atom. The highest BCUT2D eigenvalue weighted by molar-refractivity contribution is 5.78. The molecule has 104 valence electrons. The highest BCUT2D eigenvalue weighted by Crippen LogP contribution is 2.39. The number of carbonyl (C=O) groups excluding carboxylic acids is 1. The number of aliphatic hydroxyl groups is 1. The summed E-state index contributed by atoms with van der Waals surface area (Å²) in [7, 11) is 0. The molecule has 0 saturated heterocycles. The van der Waals surface area contributed by atoms with Crippen molar-refractivity contribution in [2.45, 2.75) is 70.8 Å². The second kappa shape index (κ2) is 5.20. The molecule has 2 fully saturated rings. The molecule has 2 aliphatic carbocycles. The average molecular weight is 253 g/mol. The third-order valence-electron chi connectivity index (χ3n) is 4.85. The summed E-state index contributed by atoms with van der Waals surface area (Å²) >= 11 is 0. The van der Waals surface area contributed by atoms with Crippen molar-refractivity contribution in [3.05, 3.63) is 0 Å². The summed E-state index contributed by atoms with van der Waals surface area (Å²) in [4.78, 5) is 11.9. The van der Waals surface area contributed by atoms with Crippen molar-refractivity contribution in [2.24, 2.45) is 11.3 Å². The number of hydrogen-bond acceptors (Lipinski definition) is 2. The molecule has 0 radical (unpaired) electrons. The van der Waals surface area contributed by atoms with Gasteiger partial charge in [0.15, 0.2) is 0 Å². The summed E-state index contributed by atoms with van der Waals surface area (Å²) in [5.41, 5.74) is -0.314. The second-order valence-electron chi connectivity index (χ2n) is 7.09. The van der Waals surface area contributed by atoms with Crippen LogP contribution in [0.2, 0.25) is 0 Å². The zero-order valence-corrected chi connectivity index (χ0v) is 11.8. The first-order valence-electron chi connectivity index (χ1n) is 7.40. The van der Waals surface area contributed by atoms with Crippen LogP contribution in [0.5, 0.6) is 0 Å². The predicted octanol–water partition coefficient (Wildman–Crippen LogP) is 2.62. The molecular formula is C15H27NO2. The quantitative estimate of drug-likeness (QED) is 0.812. The molecule has 3 heteroatoms. The molecule has 0 bridgehead atoms. The van der Waals surface area contributed by atoms with Crippen LogP contribution < -0.4 is 5.32 Å². The Kier molecular flexibility index (Phi) is 4.00. The van der Waals surface area contributed by atoms with Crippen molar-refractivity contribution < 1.29 is 9.90 Å². The molecule has 0 aliphatic heterocycles. The molecule has 0 aromatic rings. The SMILES string of the molecule is CC1(C)CCC(O)(CNC(=O)C2CCCC2)CC1. The van der Waals surface area contributed by atoms with Gasteiger partial charge < -0.3 is 10.4 Å². The molecule has 3 nitrogen and oxygen atoms in total. The minimum atomic E-state index is -0.663. The van der Waals surface area contributed by atoms with Crippen LogP contribution in [0.3, 0.4) is 0 Å². The van der Waals surface area contributed by atoms with Crippen molar-refractivity contribution in [1.82, 2.24) is 5.32 Å². The van der Waals surface area contributed by atoms with E-state index in [1.165, 1.54) is 12.8 Å². The Morgan fingerprint density at radius 3 is 2.28 bits per heavy atom. The van der Waals surface area contributed by atoms with Crippen molar-refractivity contribution >= 4 is 5.91 Å². The summed E-state index contributed by atoms with van der Waals surface area (Å²) in [6.45, 7) is 4.95. The maximum Gasteiger partial charge on any atom is 0.223 e. The summed E-state index contributed by atoms with van der Waals surface area (Å²) in [6.07, 6.45) is 8.11. The molecular weight excluding hydrogens is 226 g/mol. The molecule has 2 saturated carbocycles. The van der Waals surface area contributed by atoms with Crippen LogP contribution in [0.25, 0.3) is 0 Å². The van der Waals surface area contributed by atoms with Crippen molar-refractivity contribution in [1.29, 1.82) is 0 Å². The van der Waals surface area contributed by atoms with Gasteiger partial charge in [-0.15, -0.1) is 0 Å². The van der Waals surface area contributed by atoms with E-state index in [0.717, 1.165) is 38.5 Å². The third kappa shape index (κ3) is 3.47. The molecule has 0 atom stereocenters. The normalized spacial score (nSPS) is 27.1. The van der Waals surface area contributed by atoms with E-state index in [-0.39, 0.29) is 11.8 Å². The zero-order valence-electron chi connectivity index (χ0n) is 11.8. The lowest BCUT2D eigenvalue weighted by Gasteiger charge is -2.40. The van der Waals surface area contributed by atoms with E-state index in [9.17, 15) is 9.90 Å².